The Hall–Kier alpha value is -2.30. The fourth-order valence-corrected chi connectivity index (χ4v) is 2.65. The van der Waals surface area contributed by atoms with Crippen LogP contribution in [0.4, 0.5) is 5.69 Å². The second-order valence-corrected chi connectivity index (χ2v) is 5.78. The lowest BCUT2D eigenvalue weighted by Crippen LogP contribution is -2.40. The van der Waals surface area contributed by atoms with Crippen LogP contribution in [0.2, 0.25) is 0 Å². The van der Waals surface area contributed by atoms with Crippen LogP contribution in [0.15, 0.2) is 34.9 Å². The van der Waals surface area contributed by atoms with E-state index < -0.39 is 0 Å². The lowest BCUT2D eigenvalue weighted by molar-refractivity contribution is 0.0939. The van der Waals surface area contributed by atoms with Crippen LogP contribution in [0.25, 0.3) is 0 Å². The first-order valence-corrected chi connectivity index (χ1v) is 7.51. The number of anilines is 1. The molecule has 116 valence electrons. The average Bonchev–Trinajstić information content (AvgIpc) is 3.29. The van der Waals surface area contributed by atoms with Gasteiger partial charge in [-0.05, 0) is 56.9 Å². The lowest BCUT2D eigenvalue weighted by atomic mass is 10.1. The SMILES string of the molecule is COc1ccc(N(C(=O)c2cc(C)no2)C(C)C2CC2)cc1. The van der Waals surface area contributed by atoms with Crippen LogP contribution in [0.3, 0.4) is 0 Å². The van der Waals surface area contributed by atoms with Crippen LogP contribution < -0.4 is 9.64 Å². The van der Waals surface area contributed by atoms with E-state index in [1.54, 1.807) is 18.1 Å². The van der Waals surface area contributed by atoms with Gasteiger partial charge in [0.25, 0.3) is 5.91 Å². The molecule has 22 heavy (non-hydrogen) atoms. The molecule has 2 aromatic rings. The fraction of sp³-hybridized carbons (Fsp3) is 0.412. The summed E-state index contributed by atoms with van der Waals surface area (Å²) in [6.07, 6.45) is 2.33. The minimum absolute atomic E-state index is 0.131. The molecule has 1 atom stereocenters. The van der Waals surface area contributed by atoms with Crippen LogP contribution in [0, 0.1) is 12.8 Å². The smallest absolute Gasteiger partial charge is 0.297 e. The molecule has 1 amide bonds. The van der Waals surface area contributed by atoms with Crippen LogP contribution in [-0.4, -0.2) is 24.2 Å². The number of rotatable bonds is 5. The van der Waals surface area contributed by atoms with E-state index in [9.17, 15) is 4.79 Å². The van der Waals surface area contributed by atoms with Crippen LogP contribution in [0.1, 0.15) is 36.0 Å². The highest BCUT2D eigenvalue weighted by atomic mass is 16.5. The van der Waals surface area contributed by atoms with Gasteiger partial charge >= 0.3 is 0 Å². The Morgan fingerprint density at radius 1 is 1.36 bits per heavy atom. The van der Waals surface area contributed by atoms with Gasteiger partial charge in [-0.2, -0.15) is 0 Å². The minimum Gasteiger partial charge on any atom is -0.497 e. The largest absolute Gasteiger partial charge is 0.497 e. The Labute approximate surface area is 129 Å². The molecule has 0 saturated heterocycles. The summed E-state index contributed by atoms with van der Waals surface area (Å²) in [6, 6.07) is 9.34. The highest BCUT2D eigenvalue weighted by Crippen LogP contribution is 2.37. The van der Waals surface area contributed by atoms with E-state index >= 15 is 0 Å². The van der Waals surface area contributed by atoms with Crippen LogP contribution in [0.5, 0.6) is 5.75 Å². The van der Waals surface area contributed by atoms with Gasteiger partial charge in [0.2, 0.25) is 5.76 Å². The zero-order chi connectivity index (χ0) is 15.7. The van der Waals surface area contributed by atoms with E-state index in [4.69, 9.17) is 9.26 Å². The third kappa shape index (κ3) is 2.84. The Morgan fingerprint density at radius 2 is 2.05 bits per heavy atom. The number of methoxy groups -OCH3 is 1. The highest BCUT2D eigenvalue weighted by Gasteiger charge is 2.36. The molecule has 0 radical (unpaired) electrons. The van der Waals surface area contributed by atoms with E-state index in [1.165, 1.54) is 0 Å². The second-order valence-electron chi connectivity index (χ2n) is 5.78. The molecule has 1 aromatic carbocycles. The van der Waals surface area contributed by atoms with Crippen molar-refractivity contribution in [1.29, 1.82) is 0 Å². The molecule has 0 bridgehead atoms. The summed E-state index contributed by atoms with van der Waals surface area (Å²) in [4.78, 5) is 14.7. The number of carbonyl (C=O) groups is 1. The van der Waals surface area contributed by atoms with Crippen molar-refractivity contribution in [3.8, 4) is 5.75 Å². The summed E-state index contributed by atoms with van der Waals surface area (Å²) >= 11 is 0. The zero-order valence-electron chi connectivity index (χ0n) is 13.1. The molecule has 1 heterocycles. The monoisotopic (exact) mass is 300 g/mol. The van der Waals surface area contributed by atoms with Crippen LogP contribution in [-0.2, 0) is 0 Å². The number of aryl methyl sites for hydroxylation is 1. The molecular formula is C17H20N2O3. The third-order valence-corrected chi connectivity index (χ3v) is 4.12. The van der Waals surface area contributed by atoms with Crippen molar-refractivity contribution in [2.75, 3.05) is 12.0 Å². The molecule has 0 spiro atoms. The molecule has 1 aliphatic rings. The molecule has 5 nitrogen and oxygen atoms in total. The molecule has 5 heteroatoms. The molecule has 0 aliphatic heterocycles. The summed E-state index contributed by atoms with van der Waals surface area (Å²) in [7, 11) is 1.63. The van der Waals surface area contributed by atoms with E-state index in [2.05, 4.69) is 12.1 Å². The maximum Gasteiger partial charge on any atom is 0.297 e. The third-order valence-electron chi connectivity index (χ3n) is 4.12. The Kier molecular flexibility index (Phi) is 3.88. The van der Waals surface area contributed by atoms with Crippen molar-refractivity contribution in [1.82, 2.24) is 5.16 Å². The normalized spacial score (nSPS) is 15.4. The number of hydrogen-bond acceptors (Lipinski definition) is 4. The maximum absolute atomic E-state index is 12.8. The predicted octanol–water partition coefficient (Wildman–Crippen LogP) is 3.44. The summed E-state index contributed by atoms with van der Waals surface area (Å²) in [5.74, 6) is 1.45. The molecule has 1 aliphatic carbocycles. The number of carbonyl (C=O) groups excluding carboxylic acids is 1. The van der Waals surface area contributed by atoms with Crippen molar-refractivity contribution in [2.45, 2.75) is 32.7 Å². The maximum atomic E-state index is 12.8. The topological polar surface area (TPSA) is 55.6 Å². The quantitative estimate of drug-likeness (QED) is 0.849. The van der Waals surface area contributed by atoms with Gasteiger partial charge in [-0.1, -0.05) is 5.16 Å². The minimum atomic E-state index is -0.148. The van der Waals surface area contributed by atoms with Gasteiger partial charge in [0.05, 0.1) is 12.8 Å². The molecule has 1 unspecified atom stereocenters. The van der Waals surface area contributed by atoms with Gasteiger partial charge in [0.15, 0.2) is 0 Å². The average molecular weight is 300 g/mol. The number of aromatic nitrogens is 1. The molecule has 0 N–H and O–H groups in total. The van der Waals surface area contributed by atoms with Gasteiger partial charge in [0.1, 0.15) is 5.75 Å². The van der Waals surface area contributed by atoms with Gasteiger partial charge in [0, 0.05) is 17.8 Å². The molecular weight excluding hydrogens is 280 g/mol. The lowest BCUT2D eigenvalue weighted by Gasteiger charge is -2.28. The van der Waals surface area contributed by atoms with Crippen molar-refractivity contribution in [3.63, 3.8) is 0 Å². The number of ether oxygens (including phenoxy) is 1. The van der Waals surface area contributed by atoms with E-state index in [0.29, 0.717) is 11.6 Å². The summed E-state index contributed by atoms with van der Waals surface area (Å²) in [5.41, 5.74) is 1.55. The van der Waals surface area contributed by atoms with Gasteiger partial charge in [-0.25, -0.2) is 0 Å². The van der Waals surface area contributed by atoms with Crippen LogP contribution >= 0.6 is 0 Å². The number of nitrogens with zero attached hydrogens (tertiary/aromatic N) is 2. The highest BCUT2D eigenvalue weighted by molar-refractivity contribution is 6.04. The van der Waals surface area contributed by atoms with Gasteiger partial charge in [-0.3, -0.25) is 4.79 Å². The van der Waals surface area contributed by atoms with Gasteiger partial charge < -0.3 is 14.2 Å². The zero-order valence-corrected chi connectivity index (χ0v) is 13.1. The number of hydrogen-bond donors (Lipinski definition) is 0. The van der Waals surface area contributed by atoms with Crippen molar-refractivity contribution >= 4 is 11.6 Å². The molecule has 3 rings (SSSR count). The van der Waals surface area contributed by atoms with E-state index in [-0.39, 0.29) is 17.7 Å². The standard InChI is InChI=1S/C17H20N2O3/c1-11-10-16(22-18-11)17(20)19(12(2)13-4-5-13)14-6-8-15(21-3)9-7-14/h6-10,12-13H,4-5H2,1-3H3. The Morgan fingerprint density at radius 3 is 2.55 bits per heavy atom. The molecule has 1 aromatic heterocycles. The van der Waals surface area contributed by atoms with Crippen molar-refractivity contribution in [2.24, 2.45) is 5.92 Å². The first-order chi connectivity index (χ1) is 10.6. The van der Waals surface area contributed by atoms with E-state index in [0.717, 1.165) is 24.3 Å². The summed E-state index contributed by atoms with van der Waals surface area (Å²) < 4.78 is 10.3. The first-order valence-electron chi connectivity index (χ1n) is 7.51. The van der Waals surface area contributed by atoms with E-state index in [1.807, 2.05) is 31.2 Å². The fourth-order valence-electron chi connectivity index (χ4n) is 2.65. The Bertz CT molecular complexity index is 659. The van der Waals surface area contributed by atoms with Gasteiger partial charge in [-0.15, -0.1) is 0 Å². The van der Waals surface area contributed by atoms with Crippen molar-refractivity contribution in [3.05, 3.63) is 41.8 Å². The Balaban J connectivity index is 1.93. The number of amides is 1. The van der Waals surface area contributed by atoms with Crippen molar-refractivity contribution < 1.29 is 14.1 Å². The predicted molar refractivity (Wildman–Crippen MR) is 83.2 cm³/mol. The summed E-state index contributed by atoms with van der Waals surface area (Å²) in [6.45, 7) is 3.89. The first kappa shape index (κ1) is 14.6. The summed E-state index contributed by atoms with van der Waals surface area (Å²) in [5, 5.41) is 3.82. The second kappa shape index (κ2) is 5.83. The molecule has 1 fully saturated rings. The molecule has 1 saturated carbocycles. The number of benzene rings is 1.